The van der Waals surface area contributed by atoms with Gasteiger partial charge < -0.3 is 14.5 Å². The lowest BCUT2D eigenvalue weighted by molar-refractivity contribution is -0.127. The van der Waals surface area contributed by atoms with E-state index in [0.29, 0.717) is 18.1 Å². The predicted molar refractivity (Wildman–Crippen MR) is 136 cm³/mol. The van der Waals surface area contributed by atoms with Gasteiger partial charge in [-0.05, 0) is 59.9 Å². The first-order valence-corrected chi connectivity index (χ1v) is 12.1. The van der Waals surface area contributed by atoms with Crippen molar-refractivity contribution in [3.05, 3.63) is 125 Å². The van der Waals surface area contributed by atoms with E-state index in [1.54, 1.807) is 19.3 Å². The van der Waals surface area contributed by atoms with Crippen molar-refractivity contribution in [3.63, 3.8) is 0 Å². The molecule has 4 aromatic rings. The van der Waals surface area contributed by atoms with Crippen molar-refractivity contribution in [3.8, 4) is 5.75 Å². The Kier molecular flexibility index (Phi) is 6.96. The van der Waals surface area contributed by atoms with Gasteiger partial charge in [0.25, 0.3) is 5.91 Å². The van der Waals surface area contributed by atoms with E-state index in [1.807, 2.05) is 12.1 Å². The molecule has 0 saturated carbocycles. The minimum Gasteiger partial charge on any atom is -0.481 e. The average molecular weight is 467 g/mol. The summed E-state index contributed by atoms with van der Waals surface area (Å²) in [6, 6.07) is 31.2. The van der Waals surface area contributed by atoms with Crippen LogP contribution in [-0.4, -0.2) is 23.5 Å². The van der Waals surface area contributed by atoms with E-state index in [2.05, 4.69) is 83.0 Å². The van der Waals surface area contributed by atoms with Crippen LogP contribution in [0.4, 0.5) is 0 Å². The Bertz CT molecular complexity index is 1240. The fraction of sp³-hybridized carbons (Fsp3) is 0.233. The van der Waals surface area contributed by atoms with Gasteiger partial charge in [0.2, 0.25) is 0 Å². The fourth-order valence-electron chi connectivity index (χ4n) is 4.72. The van der Waals surface area contributed by atoms with E-state index in [-0.39, 0.29) is 11.9 Å². The van der Waals surface area contributed by atoms with Gasteiger partial charge in [0, 0.05) is 13.1 Å². The van der Waals surface area contributed by atoms with Gasteiger partial charge in [-0.25, -0.2) is 0 Å². The summed E-state index contributed by atoms with van der Waals surface area (Å²) in [6.45, 7) is 3.96. The molecule has 1 aromatic heterocycles. The summed E-state index contributed by atoms with van der Waals surface area (Å²) in [5, 5.41) is 2.87. The Morgan fingerprint density at radius 1 is 1.03 bits per heavy atom. The third-order valence-electron chi connectivity index (χ3n) is 6.49. The maximum Gasteiger partial charge on any atom is 0.261 e. The maximum absolute atomic E-state index is 12.6. The minimum absolute atomic E-state index is 0.117. The van der Waals surface area contributed by atoms with Crippen molar-refractivity contribution < 1.29 is 13.9 Å². The molecular formula is C30H30N2O3. The first-order valence-electron chi connectivity index (χ1n) is 12.1. The van der Waals surface area contributed by atoms with Crippen LogP contribution >= 0.6 is 0 Å². The number of carbonyl (C=O) groups excluding carboxylic acids is 1. The Hall–Kier alpha value is -3.83. The first-order chi connectivity index (χ1) is 17.2. The second-order valence-electron chi connectivity index (χ2n) is 8.94. The predicted octanol–water partition coefficient (Wildman–Crippen LogP) is 5.51. The Labute approximate surface area is 206 Å². The fourth-order valence-corrected chi connectivity index (χ4v) is 4.72. The molecular weight excluding hydrogens is 436 g/mol. The van der Waals surface area contributed by atoms with E-state index in [0.717, 1.165) is 19.5 Å². The molecule has 0 radical (unpaired) electrons. The van der Waals surface area contributed by atoms with Crippen molar-refractivity contribution in [2.45, 2.75) is 38.6 Å². The van der Waals surface area contributed by atoms with Crippen LogP contribution in [0.3, 0.4) is 0 Å². The summed E-state index contributed by atoms with van der Waals surface area (Å²) in [5.41, 5.74) is 5.11. The Balaban J connectivity index is 1.37. The van der Waals surface area contributed by atoms with E-state index >= 15 is 0 Å². The number of hydrogen-bond acceptors (Lipinski definition) is 4. The zero-order valence-corrected chi connectivity index (χ0v) is 19.9. The van der Waals surface area contributed by atoms with Gasteiger partial charge in [-0.3, -0.25) is 9.69 Å². The van der Waals surface area contributed by atoms with Crippen LogP contribution in [0.25, 0.3) is 0 Å². The average Bonchev–Trinajstić information content (AvgIpc) is 3.42. The first kappa shape index (κ1) is 22.9. The third kappa shape index (κ3) is 5.47. The zero-order chi connectivity index (χ0) is 24.0. The van der Waals surface area contributed by atoms with Crippen LogP contribution in [0.5, 0.6) is 5.75 Å². The molecule has 35 heavy (non-hydrogen) atoms. The van der Waals surface area contributed by atoms with Gasteiger partial charge in [-0.2, -0.15) is 0 Å². The van der Waals surface area contributed by atoms with Crippen molar-refractivity contribution in [2.24, 2.45) is 0 Å². The molecule has 2 unspecified atom stereocenters. The summed E-state index contributed by atoms with van der Waals surface area (Å²) < 4.78 is 11.4. The molecule has 5 heteroatoms. The van der Waals surface area contributed by atoms with Gasteiger partial charge in [0.15, 0.2) is 6.10 Å². The van der Waals surface area contributed by atoms with Crippen molar-refractivity contribution in [2.75, 3.05) is 6.54 Å². The highest BCUT2D eigenvalue weighted by Gasteiger charge is 2.29. The second kappa shape index (κ2) is 10.6. The number of rotatable bonds is 8. The highest BCUT2D eigenvalue weighted by molar-refractivity contribution is 5.80. The molecule has 0 spiro atoms. The maximum atomic E-state index is 12.6. The molecule has 178 valence electrons. The minimum atomic E-state index is -0.623. The molecule has 3 aromatic carbocycles. The lowest BCUT2D eigenvalue weighted by atomic mass is 9.87. The SMILES string of the molecule is CC(Oc1ccc2c(c1)C(c1ccccc1)N(Cc1ccccc1)CC2)C(=O)NCc1ccco1. The van der Waals surface area contributed by atoms with Gasteiger partial charge in [0.1, 0.15) is 11.5 Å². The highest BCUT2D eigenvalue weighted by atomic mass is 16.5. The number of hydrogen-bond donors (Lipinski definition) is 1. The number of nitrogens with one attached hydrogen (secondary N) is 1. The molecule has 5 nitrogen and oxygen atoms in total. The van der Waals surface area contributed by atoms with Gasteiger partial charge in [-0.1, -0.05) is 66.7 Å². The number of fused-ring (bicyclic) bond motifs is 1. The summed E-state index contributed by atoms with van der Waals surface area (Å²) in [7, 11) is 0. The van der Waals surface area contributed by atoms with Crippen LogP contribution < -0.4 is 10.1 Å². The van der Waals surface area contributed by atoms with Gasteiger partial charge >= 0.3 is 0 Å². The monoisotopic (exact) mass is 466 g/mol. The van der Waals surface area contributed by atoms with Crippen LogP contribution in [0, 0.1) is 0 Å². The summed E-state index contributed by atoms with van der Waals surface area (Å²) in [4.78, 5) is 15.1. The largest absolute Gasteiger partial charge is 0.481 e. The molecule has 2 atom stereocenters. The van der Waals surface area contributed by atoms with E-state index in [4.69, 9.17) is 9.15 Å². The molecule has 1 amide bonds. The van der Waals surface area contributed by atoms with Crippen molar-refractivity contribution in [1.82, 2.24) is 10.2 Å². The van der Waals surface area contributed by atoms with Crippen molar-refractivity contribution >= 4 is 5.91 Å². The summed E-state index contributed by atoms with van der Waals surface area (Å²) in [6.07, 6.45) is 1.95. The van der Waals surface area contributed by atoms with Gasteiger partial charge in [-0.15, -0.1) is 0 Å². The third-order valence-corrected chi connectivity index (χ3v) is 6.49. The molecule has 5 rings (SSSR count). The lowest BCUT2D eigenvalue weighted by Crippen LogP contribution is -2.37. The normalized spacial score (nSPS) is 16.3. The van der Waals surface area contributed by atoms with Gasteiger partial charge in [0.05, 0.1) is 18.8 Å². The molecule has 0 bridgehead atoms. The molecule has 0 saturated heterocycles. The number of carbonyl (C=O) groups is 1. The number of ether oxygens (including phenoxy) is 1. The second-order valence-corrected chi connectivity index (χ2v) is 8.94. The zero-order valence-electron chi connectivity index (χ0n) is 19.9. The topological polar surface area (TPSA) is 54.7 Å². The number of benzene rings is 3. The molecule has 1 N–H and O–H groups in total. The van der Waals surface area contributed by atoms with E-state index in [9.17, 15) is 4.79 Å². The summed E-state index contributed by atoms with van der Waals surface area (Å²) in [5.74, 6) is 1.24. The van der Waals surface area contributed by atoms with E-state index in [1.165, 1.54) is 22.3 Å². The van der Waals surface area contributed by atoms with Crippen LogP contribution in [0.2, 0.25) is 0 Å². The summed E-state index contributed by atoms with van der Waals surface area (Å²) >= 11 is 0. The molecule has 2 heterocycles. The number of furan rings is 1. The highest BCUT2D eigenvalue weighted by Crippen LogP contribution is 2.38. The Morgan fingerprint density at radius 2 is 1.80 bits per heavy atom. The molecule has 0 fully saturated rings. The molecule has 1 aliphatic heterocycles. The standard InChI is InChI=1S/C30H30N2O3/c1-22(30(33)31-20-27-13-8-18-34-27)35-26-15-14-24-16-17-32(21-23-9-4-2-5-10-23)29(28(24)19-26)25-11-6-3-7-12-25/h2-15,18-19,22,29H,16-17,20-21H2,1H3,(H,31,33). The van der Waals surface area contributed by atoms with Crippen LogP contribution in [-0.2, 0) is 24.3 Å². The Morgan fingerprint density at radius 3 is 2.54 bits per heavy atom. The van der Waals surface area contributed by atoms with E-state index < -0.39 is 6.10 Å². The molecule has 0 aliphatic carbocycles. The van der Waals surface area contributed by atoms with Crippen LogP contribution in [0.1, 0.15) is 41.0 Å². The van der Waals surface area contributed by atoms with Crippen molar-refractivity contribution in [1.29, 1.82) is 0 Å². The number of amides is 1. The molecule has 1 aliphatic rings. The number of nitrogens with zero attached hydrogens (tertiary/aromatic N) is 1. The quantitative estimate of drug-likeness (QED) is 0.372. The smallest absolute Gasteiger partial charge is 0.261 e. The lowest BCUT2D eigenvalue weighted by Gasteiger charge is -2.38. The van der Waals surface area contributed by atoms with Crippen LogP contribution in [0.15, 0.2) is 102 Å².